The Morgan fingerprint density at radius 1 is 1.09 bits per heavy atom. The molecule has 0 atom stereocenters. The number of aryl methyl sites for hydroxylation is 2. The molecule has 32 heavy (non-hydrogen) atoms. The van der Waals surface area contributed by atoms with E-state index in [1.54, 1.807) is 35.2 Å². The Morgan fingerprint density at radius 2 is 1.88 bits per heavy atom. The first kappa shape index (κ1) is 22.5. The van der Waals surface area contributed by atoms with Crippen LogP contribution in [0.25, 0.3) is 6.08 Å². The first-order valence-corrected chi connectivity index (χ1v) is 11.4. The summed E-state index contributed by atoms with van der Waals surface area (Å²) in [4.78, 5) is 15.1. The third-order valence-corrected chi connectivity index (χ3v) is 6.80. The zero-order chi connectivity index (χ0) is 22.8. The number of rotatable bonds is 5. The zero-order valence-corrected chi connectivity index (χ0v) is 19.8. The highest BCUT2D eigenvalue weighted by Gasteiger charge is 2.33. The number of benzene rings is 3. The van der Waals surface area contributed by atoms with Crippen LogP contribution >= 0.6 is 35.6 Å². The Kier molecular flexibility index (Phi) is 6.65. The average molecular weight is 484 g/mol. The van der Waals surface area contributed by atoms with Crippen molar-refractivity contribution in [2.45, 2.75) is 20.5 Å². The number of anilines is 1. The second-order valence-electron chi connectivity index (χ2n) is 7.35. The lowest BCUT2D eigenvalue weighted by atomic mass is 10.1. The van der Waals surface area contributed by atoms with E-state index >= 15 is 0 Å². The monoisotopic (exact) mass is 483 g/mol. The van der Waals surface area contributed by atoms with Crippen LogP contribution in [0.4, 0.5) is 10.1 Å². The van der Waals surface area contributed by atoms with Crippen molar-refractivity contribution in [3.05, 3.63) is 98.7 Å². The first-order valence-electron chi connectivity index (χ1n) is 9.84. The Hall–Kier alpha value is -2.67. The highest BCUT2D eigenvalue weighted by molar-refractivity contribution is 8.27. The zero-order valence-electron chi connectivity index (χ0n) is 17.4. The number of thiocarbonyl (C=S) groups is 1. The predicted molar refractivity (Wildman–Crippen MR) is 134 cm³/mol. The fourth-order valence-electron chi connectivity index (χ4n) is 3.23. The summed E-state index contributed by atoms with van der Waals surface area (Å²) in [6.45, 7) is 4.04. The molecule has 1 aliphatic rings. The largest absolute Gasteiger partial charge is 0.489 e. The van der Waals surface area contributed by atoms with Crippen molar-refractivity contribution in [1.82, 2.24) is 0 Å². The van der Waals surface area contributed by atoms with Gasteiger partial charge in [0.25, 0.3) is 5.91 Å². The van der Waals surface area contributed by atoms with Crippen LogP contribution in [0.3, 0.4) is 0 Å². The minimum atomic E-state index is -0.413. The number of ether oxygens (including phenoxy) is 1. The van der Waals surface area contributed by atoms with Crippen LogP contribution < -0.4 is 9.64 Å². The van der Waals surface area contributed by atoms with E-state index in [0.29, 0.717) is 25.6 Å². The van der Waals surface area contributed by atoms with E-state index in [1.165, 1.54) is 17.8 Å². The maximum Gasteiger partial charge on any atom is 0.270 e. The summed E-state index contributed by atoms with van der Waals surface area (Å²) in [7, 11) is 0. The van der Waals surface area contributed by atoms with Gasteiger partial charge in [0, 0.05) is 5.56 Å². The van der Waals surface area contributed by atoms with Gasteiger partial charge in [-0.15, -0.1) is 0 Å². The minimum absolute atomic E-state index is 0.00382. The van der Waals surface area contributed by atoms with Gasteiger partial charge in [-0.05, 0) is 73.0 Å². The molecule has 1 fully saturated rings. The summed E-state index contributed by atoms with van der Waals surface area (Å²) in [5.74, 6) is -0.0286. The summed E-state index contributed by atoms with van der Waals surface area (Å²) in [5, 5.41) is 0.316. The second-order valence-corrected chi connectivity index (χ2v) is 9.43. The van der Waals surface area contributed by atoms with Crippen LogP contribution in [0.5, 0.6) is 5.75 Å². The van der Waals surface area contributed by atoms with Crippen molar-refractivity contribution in [3.8, 4) is 5.75 Å². The van der Waals surface area contributed by atoms with E-state index in [2.05, 4.69) is 0 Å². The molecule has 0 saturated carbocycles. The Balaban J connectivity index is 1.53. The molecule has 1 heterocycles. The van der Waals surface area contributed by atoms with Gasteiger partial charge in [0.05, 0.1) is 15.6 Å². The smallest absolute Gasteiger partial charge is 0.270 e. The molecule has 3 aromatic carbocycles. The molecular weight excluding hydrogens is 465 g/mol. The number of hydrogen-bond donors (Lipinski definition) is 0. The number of halogens is 2. The lowest BCUT2D eigenvalue weighted by Gasteiger charge is -2.15. The van der Waals surface area contributed by atoms with Gasteiger partial charge in [-0.2, -0.15) is 0 Å². The van der Waals surface area contributed by atoms with E-state index in [-0.39, 0.29) is 12.5 Å². The van der Waals surface area contributed by atoms with Gasteiger partial charge >= 0.3 is 0 Å². The lowest BCUT2D eigenvalue weighted by Crippen LogP contribution is -2.27. The Labute approximate surface area is 200 Å². The molecule has 0 N–H and O–H groups in total. The third kappa shape index (κ3) is 4.72. The molecule has 0 aliphatic carbocycles. The van der Waals surface area contributed by atoms with Crippen LogP contribution in [0.15, 0.2) is 65.6 Å². The van der Waals surface area contributed by atoms with Crippen molar-refractivity contribution >= 4 is 57.6 Å². The summed E-state index contributed by atoms with van der Waals surface area (Å²) >= 11 is 12.8. The van der Waals surface area contributed by atoms with E-state index in [1.807, 2.05) is 44.2 Å². The van der Waals surface area contributed by atoms with Gasteiger partial charge in [0.1, 0.15) is 18.2 Å². The van der Waals surface area contributed by atoms with Crippen molar-refractivity contribution in [3.63, 3.8) is 0 Å². The molecule has 3 nitrogen and oxygen atoms in total. The topological polar surface area (TPSA) is 29.5 Å². The normalized spacial score (nSPS) is 15.0. The molecular formula is C25H19ClFNO2S2. The summed E-state index contributed by atoms with van der Waals surface area (Å²) in [5.41, 5.74) is 4.10. The SMILES string of the molecule is Cc1ccc(N2C(=O)/C(=C\c3cccc(OCc4c(F)cccc4Cl)c3)SC2=S)cc1C. The minimum Gasteiger partial charge on any atom is -0.489 e. The van der Waals surface area contributed by atoms with Gasteiger partial charge in [0.15, 0.2) is 4.32 Å². The third-order valence-electron chi connectivity index (χ3n) is 5.14. The maximum absolute atomic E-state index is 14.0. The average Bonchev–Trinajstić information content (AvgIpc) is 3.03. The van der Waals surface area contributed by atoms with E-state index in [9.17, 15) is 9.18 Å². The molecule has 7 heteroatoms. The van der Waals surface area contributed by atoms with Gasteiger partial charge in [-0.25, -0.2) is 4.39 Å². The highest BCUT2D eigenvalue weighted by atomic mass is 35.5. The number of carbonyl (C=O) groups is 1. The van der Waals surface area contributed by atoms with Gasteiger partial charge in [0.2, 0.25) is 0 Å². The molecule has 0 spiro atoms. The lowest BCUT2D eigenvalue weighted by molar-refractivity contribution is -0.113. The van der Waals surface area contributed by atoms with Crippen LogP contribution in [0, 0.1) is 19.7 Å². The molecule has 1 amide bonds. The predicted octanol–water partition coefficient (Wildman–Crippen LogP) is 7.08. The second kappa shape index (κ2) is 9.45. The fourth-order valence-corrected chi connectivity index (χ4v) is 4.74. The van der Waals surface area contributed by atoms with Gasteiger partial charge in [-0.3, -0.25) is 9.69 Å². The standard InChI is InChI=1S/C25H19ClFNO2S2/c1-15-9-10-18(11-16(15)2)28-24(29)23(32-25(28)31)13-17-5-3-6-19(12-17)30-14-20-21(26)7-4-8-22(20)27/h3-13H,14H2,1-2H3/b23-13+. The first-order chi connectivity index (χ1) is 15.3. The number of amides is 1. The molecule has 0 unspecified atom stereocenters. The van der Waals surface area contributed by atoms with Crippen molar-refractivity contribution in [1.29, 1.82) is 0 Å². The van der Waals surface area contributed by atoms with Crippen LogP contribution in [-0.2, 0) is 11.4 Å². The molecule has 1 aliphatic heterocycles. The fraction of sp³-hybridized carbons (Fsp3) is 0.120. The van der Waals surface area contributed by atoms with Crippen molar-refractivity contribution < 1.29 is 13.9 Å². The molecule has 3 aromatic rings. The molecule has 0 bridgehead atoms. The summed E-state index contributed by atoms with van der Waals surface area (Å²) < 4.78 is 20.2. The van der Waals surface area contributed by atoms with Crippen molar-refractivity contribution in [2.75, 3.05) is 4.90 Å². The summed E-state index contributed by atoms with van der Waals surface area (Å²) in [6, 6.07) is 17.6. The van der Waals surface area contributed by atoms with Crippen molar-refractivity contribution in [2.24, 2.45) is 0 Å². The number of nitrogens with zero attached hydrogens (tertiary/aromatic N) is 1. The Morgan fingerprint density at radius 3 is 2.62 bits per heavy atom. The van der Waals surface area contributed by atoms with Crippen LogP contribution in [0.2, 0.25) is 5.02 Å². The highest BCUT2D eigenvalue weighted by Crippen LogP contribution is 2.37. The molecule has 0 aromatic heterocycles. The Bertz CT molecular complexity index is 1240. The van der Waals surface area contributed by atoms with E-state index in [4.69, 9.17) is 28.6 Å². The molecule has 1 saturated heterocycles. The summed E-state index contributed by atoms with van der Waals surface area (Å²) in [6.07, 6.45) is 1.78. The maximum atomic E-state index is 14.0. The molecule has 0 radical (unpaired) electrons. The number of thioether (sulfide) groups is 1. The van der Waals surface area contributed by atoms with E-state index < -0.39 is 5.82 Å². The molecule has 4 rings (SSSR count). The van der Waals surface area contributed by atoms with Gasteiger partial charge < -0.3 is 4.74 Å². The van der Waals surface area contributed by atoms with Crippen LogP contribution in [0.1, 0.15) is 22.3 Å². The van der Waals surface area contributed by atoms with E-state index in [0.717, 1.165) is 22.4 Å². The van der Waals surface area contributed by atoms with Crippen LogP contribution in [-0.4, -0.2) is 10.2 Å². The quantitative estimate of drug-likeness (QED) is 0.286. The number of hydrogen-bond acceptors (Lipinski definition) is 4. The number of carbonyl (C=O) groups excluding carboxylic acids is 1. The van der Waals surface area contributed by atoms with Gasteiger partial charge in [-0.1, -0.05) is 59.8 Å². The molecule has 162 valence electrons.